The number of methoxy groups -OCH3 is 1. The highest BCUT2D eigenvalue weighted by Gasteiger charge is 2.39. The molecule has 0 aromatic heterocycles. The molecule has 100 valence electrons. The molecular formula is C15H20BrClO. The van der Waals surface area contributed by atoms with Gasteiger partial charge in [-0.05, 0) is 42.4 Å². The Kier molecular flexibility index (Phi) is 4.60. The third kappa shape index (κ3) is 2.55. The number of hydrogen-bond donors (Lipinski definition) is 0. The van der Waals surface area contributed by atoms with E-state index in [1.807, 2.05) is 12.1 Å². The zero-order valence-electron chi connectivity index (χ0n) is 11.0. The average molecular weight is 332 g/mol. The van der Waals surface area contributed by atoms with E-state index in [1.54, 1.807) is 7.11 Å². The molecule has 1 saturated carbocycles. The second kappa shape index (κ2) is 5.83. The van der Waals surface area contributed by atoms with Crippen LogP contribution >= 0.6 is 27.5 Å². The van der Waals surface area contributed by atoms with Crippen molar-refractivity contribution in [3.05, 3.63) is 28.8 Å². The van der Waals surface area contributed by atoms with E-state index in [1.165, 1.54) is 37.7 Å². The maximum atomic E-state index is 6.39. The summed E-state index contributed by atoms with van der Waals surface area (Å²) in [7, 11) is 1.67. The second-order valence-corrected chi connectivity index (χ2v) is 6.50. The van der Waals surface area contributed by atoms with Crippen molar-refractivity contribution in [2.45, 2.75) is 43.9 Å². The van der Waals surface area contributed by atoms with Crippen molar-refractivity contribution in [1.82, 2.24) is 0 Å². The molecule has 1 atom stereocenters. The quantitative estimate of drug-likeness (QED) is 0.638. The molecule has 0 saturated heterocycles. The lowest BCUT2D eigenvalue weighted by Gasteiger charge is -2.34. The van der Waals surface area contributed by atoms with Crippen LogP contribution in [-0.2, 0) is 0 Å². The first kappa shape index (κ1) is 14.2. The van der Waals surface area contributed by atoms with Crippen LogP contribution in [0.3, 0.4) is 0 Å². The van der Waals surface area contributed by atoms with Crippen molar-refractivity contribution in [2.24, 2.45) is 5.41 Å². The van der Waals surface area contributed by atoms with E-state index < -0.39 is 0 Å². The molecule has 3 heteroatoms. The van der Waals surface area contributed by atoms with Crippen molar-refractivity contribution in [1.29, 1.82) is 0 Å². The fraction of sp³-hybridized carbons (Fsp3) is 0.600. The van der Waals surface area contributed by atoms with Gasteiger partial charge in [-0.1, -0.05) is 53.4 Å². The molecule has 0 aliphatic heterocycles. The molecule has 1 aliphatic carbocycles. The van der Waals surface area contributed by atoms with Crippen LogP contribution in [0.25, 0.3) is 0 Å². The van der Waals surface area contributed by atoms with Gasteiger partial charge in [-0.2, -0.15) is 0 Å². The zero-order valence-corrected chi connectivity index (χ0v) is 13.4. The summed E-state index contributed by atoms with van der Waals surface area (Å²) in [5.74, 6) is 0.820. The number of hydrogen-bond acceptors (Lipinski definition) is 1. The van der Waals surface area contributed by atoms with E-state index in [0.717, 1.165) is 10.8 Å². The third-order valence-electron chi connectivity index (χ3n) is 4.32. The smallest absolute Gasteiger partial charge is 0.120 e. The van der Waals surface area contributed by atoms with E-state index in [4.69, 9.17) is 16.3 Å². The summed E-state index contributed by atoms with van der Waals surface area (Å²) in [6.45, 7) is 2.29. The van der Waals surface area contributed by atoms with Crippen molar-refractivity contribution in [3.8, 4) is 5.75 Å². The number of benzene rings is 1. The standard InChI is InChI=1S/C15H20BrClO/c1-3-15(8-4-5-9-15)14(16)12-7-6-11(18-2)10-13(12)17/h6-7,10,14H,3-5,8-9H2,1-2H3. The topological polar surface area (TPSA) is 9.23 Å². The van der Waals surface area contributed by atoms with Gasteiger partial charge in [-0.25, -0.2) is 0 Å². The Labute approximate surface area is 123 Å². The molecule has 0 spiro atoms. The normalized spacial score (nSPS) is 19.8. The zero-order chi connectivity index (χ0) is 13.2. The molecule has 1 unspecified atom stereocenters. The Morgan fingerprint density at radius 3 is 2.56 bits per heavy atom. The van der Waals surface area contributed by atoms with Gasteiger partial charge in [0.1, 0.15) is 5.75 Å². The predicted octanol–water partition coefficient (Wildman–Crippen LogP) is 5.76. The monoisotopic (exact) mass is 330 g/mol. The molecule has 0 N–H and O–H groups in total. The van der Waals surface area contributed by atoms with Crippen LogP contribution in [-0.4, -0.2) is 7.11 Å². The van der Waals surface area contributed by atoms with Crippen molar-refractivity contribution >= 4 is 27.5 Å². The van der Waals surface area contributed by atoms with E-state index in [2.05, 4.69) is 28.9 Å². The fourth-order valence-corrected chi connectivity index (χ4v) is 4.63. The van der Waals surface area contributed by atoms with Crippen molar-refractivity contribution in [2.75, 3.05) is 7.11 Å². The number of alkyl halides is 1. The summed E-state index contributed by atoms with van der Waals surface area (Å²) in [4.78, 5) is 0.343. The van der Waals surface area contributed by atoms with Crippen LogP contribution in [0.5, 0.6) is 5.75 Å². The van der Waals surface area contributed by atoms with Crippen LogP contribution in [0.1, 0.15) is 49.4 Å². The number of rotatable bonds is 4. The van der Waals surface area contributed by atoms with E-state index in [9.17, 15) is 0 Å². The summed E-state index contributed by atoms with van der Waals surface area (Å²) in [5.41, 5.74) is 1.57. The molecule has 0 bridgehead atoms. The molecule has 1 aromatic rings. The van der Waals surface area contributed by atoms with Crippen molar-refractivity contribution < 1.29 is 4.74 Å². The van der Waals surface area contributed by atoms with Crippen LogP contribution in [0.2, 0.25) is 5.02 Å². The Balaban J connectivity index is 2.30. The molecule has 0 heterocycles. The lowest BCUT2D eigenvalue weighted by Crippen LogP contribution is -2.21. The first-order valence-electron chi connectivity index (χ1n) is 6.60. The van der Waals surface area contributed by atoms with Gasteiger partial charge in [0.2, 0.25) is 0 Å². The van der Waals surface area contributed by atoms with Gasteiger partial charge in [0.15, 0.2) is 0 Å². The van der Waals surface area contributed by atoms with Gasteiger partial charge in [-0.3, -0.25) is 0 Å². The first-order valence-corrected chi connectivity index (χ1v) is 7.90. The number of ether oxygens (including phenoxy) is 1. The number of halogens is 2. The Hall–Kier alpha value is -0.210. The lowest BCUT2D eigenvalue weighted by atomic mass is 9.77. The second-order valence-electron chi connectivity index (χ2n) is 5.17. The highest BCUT2D eigenvalue weighted by atomic mass is 79.9. The minimum atomic E-state index is 0.343. The summed E-state index contributed by atoms with van der Waals surface area (Å²) in [6, 6.07) is 5.99. The molecule has 1 nitrogen and oxygen atoms in total. The maximum Gasteiger partial charge on any atom is 0.120 e. The SMILES string of the molecule is CCC1(C(Br)c2ccc(OC)cc2Cl)CCCC1. The largest absolute Gasteiger partial charge is 0.497 e. The van der Waals surface area contributed by atoms with Crippen LogP contribution in [0, 0.1) is 5.41 Å². The van der Waals surface area contributed by atoms with Gasteiger partial charge >= 0.3 is 0 Å². The average Bonchev–Trinajstić information content (AvgIpc) is 2.87. The molecule has 1 fully saturated rings. The lowest BCUT2D eigenvalue weighted by molar-refractivity contribution is 0.279. The molecule has 2 rings (SSSR count). The summed E-state index contributed by atoms with van der Waals surface area (Å²) >= 11 is 10.3. The molecular weight excluding hydrogens is 312 g/mol. The first-order chi connectivity index (χ1) is 8.63. The Bertz CT molecular complexity index is 413. The highest BCUT2D eigenvalue weighted by Crippen LogP contribution is 2.55. The summed E-state index contributed by atoms with van der Waals surface area (Å²) in [5, 5.41) is 0.802. The van der Waals surface area contributed by atoms with Gasteiger partial charge in [0, 0.05) is 9.85 Å². The minimum Gasteiger partial charge on any atom is -0.497 e. The Morgan fingerprint density at radius 2 is 2.06 bits per heavy atom. The molecule has 0 radical (unpaired) electrons. The third-order valence-corrected chi connectivity index (χ3v) is 6.11. The minimum absolute atomic E-state index is 0.343. The van der Waals surface area contributed by atoms with E-state index in [0.29, 0.717) is 10.2 Å². The fourth-order valence-electron chi connectivity index (χ4n) is 3.04. The van der Waals surface area contributed by atoms with Crippen LogP contribution in [0.15, 0.2) is 18.2 Å². The van der Waals surface area contributed by atoms with Gasteiger partial charge in [0.05, 0.1) is 7.11 Å². The maximum absolute atomic E-state index is 6.39. The molecule has 0 amide bonds. The van der Waals surface area contributed by atoms with Gasteiger partial charge in [-0.15, -0.1) is 0 Å². The summed E-state index contributed by atoms with van der Waals surface area (Å²) < 4.78 is 5.21. The van der Waals surface area contributed by atoms with Gasteiger partial charge < -0.3 is 4.74 Å². The molecule has 1 aliphatic rings. The highest BCUT2D eigenvalue weighted by molar-refractivity contribution is 9.09. The van der Waals surface area contributed by atoms with E-state index >= 15 is 0 Å². The van der Waals surface area contributed by atoms with E-state index in [-0.39, 0.29) is 0 Å². The Morgan fingerprint density at radius 1 is 1.39 bits per heavy atom. The summed E-state index contributed by atoms with van der Waals surface area (Å²) in [6.07, 6.45) is 6.46. The van der Waals surface area contributed by atoms with Crippen LogP contribution in [0.4, 0.5) is 0 Å². The molecule has 18 heavy (non-hydrogen) atoms. The van der Waals surface area contributed by atoms with Crippen molar-refractivity contribution in [3.63, 3.8) is 0 Å². The predicted molar refractivity (Wildman–Crippen MR) is 80.9 cm³/mol. The van der Waals surface area contributed by atoms with Gasteiger partial charge in [0.25, 0.3) is 0 Å². The molecule has 1 aromatic carbocycles. The van der Waals surface area contributed by atoms with Crippen LogP contribution < -0.4 is 4.74 Å².